The van der Waals surface area contributed by atoms with Gasteiger partial charge in [0.1, 0.15) is 5.75 Å². The van der Waals surface area contributed by atoms with Crippen LogP contribution in [0.5, 0.6) is 5.75 Å². The Morgan fingerprint density at radius 2 is 1.88 bits per heavy atom. The van der Waals surface area contributed by atoms with Gasteiger partial charge in [-0.1, -0.05) is 13.8 Å². The van der Waals surface area contributed by atoms with Crippen molar-refractivity contribution in [3.63, 3.8) is 0 Å². The third-order valence-corrected chi connectivity index (χ3v) is 2.50. The summed E-state index contributed by atoms with van der Waals surface area (Å²) in [6.07, 6.45) is 0. The van der Waals surface area contributed by atoms with Gasteiger partial charge in [-0.05, 0) is 43.0 Å². The van der Waals surface area contributed by atoms with Gasteiger partial charge in [-0.2, -0.15) is 0 Å². The molecule has 0 N–H and O–H groups in total. The number of benzene rings is 1. The van der Waals surface area contributed by atoms with Gasteiger partial charge in [-0.25, -0.2) is 4.79 Å². The second kappa shape index (κ2) is 5.71. The smallest absolute Gasteiger partial charge is 0.338 e. The number of hydrogen-bond donors (Lipinski definition) is 0. The number of hydrogen-bond acceptors (Lipinski definition) is 3. The molecule has 0 saturated carbocycles. The minimum atomic E-state index is -0.305. The van der Waals surface area contributed by atoms with E-state index in [9.17, 15) is 4.79 Å². The van der Waals surface area contributed by atoms with Crippen molar-refractivity contribution in [2.45, 2.75) is 27.7 Å². The molecular formula is C14H20O3. The van der Waals surface area contributed by atoms with Crippen LogP contribution in [0.15, 0.2) is 12.1 Å². The normalized spacial score (nSPS) is 10.5. The Balaban J connectivity index is 2.97. The highest BCUT2D eigenvalue weighted by Crippen LogP contribution is 2.23. The molecule has 94 valence electrons. The molecule has 0 bridgehead atoms. The lowest BCUT2D eigenvalue weighted by Gasteiger charge is -2.13. The highest BCUT2D eigenvalue weighted by atomic mass is 16.5. The predicted molar refractivity (Wildman–Crippen MR) is 67.6 cm³/mol. The molecule has 0 aliphatic rings. The van der Waals surface area contributed by atoms with E-state index in [0.717, 1.165) is 16.9 Å². The molecule has 1 aromatic rings. The van der Waals surface area contributed by atoms with Crippen LogP contribution in [0.2, 0.25) is 0 Å². The molecule has 0 heterocycles. The molecule has 0 aliphatic heterocycles. The average molecular weight is 236 g/mol. The molecule has 0 fully saturated rings. The van der Waals surface area contributed by atoms with Crippen LogP contribution in [0.25, 0.3) is 0 Å². The Kier molecular flexibility index (Phi) is 4.55. The first-order valence-electron chi connectivity index (χ1n) is 5.78. The zero-order valence-corrected chi connectivity index (χ0v) is 11.2. The maximum atomic E-state index is 11.5. The van der Waals surface area contributed by atoms with E-state index >= 15 is 0 Å². The highest BCUT2D eigenvalue weighted by molar-refractivity contribution is 5.91. The SMILES string of the molecule is COC(=O)c1cc(C)c(OCC(C)C)cc1C. The van der Waals surface area contributed by atoms with E-state index in [0.29, 0.717) is 18.1 Å². The largest absolute Gasteiger partial charge is 0.493 e. The Labute approximate surface area is 103 Å². The maximum Gasteiger partial charge on any atom is 0.338 e. The average Bonchev–Trinajstić information content (AvgIpc) is 2.28. The second-order valence-corrected chi connectivity index (χ2v) is 4.63. The fourth-order valence-electron chi connectivity index (χ4n) is 1.53. The number of carbonyl (C=O) groups is 1. The number of methoxy groups -OCH3 is 1. The molecule has 0 unspecified atom stereocenters. The van der Waals surface area contributed by atoms with Crippen molar-refractivity contribution in [1.82, 2.24) is 0 Å². The summed E-state index contributed by atoms with van der Waals surface area (Å²) in [7, 11) is 1.39. The number of ether oxygens (including phenoxy) is 2. The molecule has 0 spiro atoms. The van der Waals surface area contributed by atoms with Crippen molar-refractivity contribution in [2.24, 2.45) is 5.92 Å². The van der Waals surface area contributed by atoms with E-state index in [4.69, 9.17) is 9.47 Å². The van der Waals surface area contributed by atoms with Gasteiger partial charge in [0.2, 0.25) is 0 Å². The number of esters is 1. The quantitative estimate of drug-likeness (QED) is 0.753. The maximum absolute atomic E-state index is 11.5. The van der Waals surface area contributed by atoms with Gasteiger partial charge in [-0.3, -0.25) is 0 Å². The minimum Gasteiger partial charge on any atom is -0.493 e. The molecule has 0 saturated heterocycles. The van der Waals surface area contributed by atoms with E-state index in [1.807, 2.05) is 26.0 Å². The fourth-order valence-corrected chi connectivity index (χ4v) is 1.53. The highest BCUT2D eigenvalue weighted by Gasteiger charge is 2.12. The van der Waals surface area contributed by atoms with E-state index in [1.165, 1.54) is 7.11 Å². The first kappa shape index (κ1) is 13.6. The van der Waals surface area contributed by atoms with Crippen LogP contribution < -0.4 is 4.74 Å². The van der Waals surface area contributed by atoms with Crippen molar-refractivity contribution < 1.29 is 14.3 Å². The van der Waals surface area contributed by atoms with Crippen LogP contribution in [0, 0.1) is 19.8 Å². The Morgan fingerprint density at radius 3 is 2.41 bits per heavy atom. The van der Waals surface area contributed by atoms with Crippen molar-refractivity contribution in [2.75, 3.05) is 13.7 Å². The number of carbonyl (C=O) groups excluding carboxylic acids is 1. The fraction of sp³-hybridized carbons (Fsp3) is 0.500. The van der Waals surface area contributed by atoms with Gasteiger partial charge in [-0.15, -0.1) is 0 Å². The van der Waals surface area contributed by atoms with E-state index in [1.54, 1.807) is 0 Å². The molecule has 0 amide bonds. The van der Waals surface area contributed by atoms with Crippen LogP contribution >= 0.6 is 0 Å². The van der Waals surface area contributed by atoms with Gasteiger partial charge in [0.25, 0.3) is 0 Å². The zero-order chi connectivity index (χ0) is 13.0. The summed E-state index contributed by atoms with van der Waals surface area (Å²) < 4.78 is 10.4. The lowest BCUT2D eigenvalue weighted by Crippen LogP contribution is -2.08. The molecule has 0 radical (unpaired) electrons. The Bertz CT molecular complexity index is 408. The minimum absolute atomic E-state index is 0.305. The number of rotatable bonds is 4. The van der Waals surface area contributed by atoms with Crippen LogP contribution in [0.3, 0.4) is 0 Å². The van der Waals surface area contributed by atoms with E-state index in [-0.39, 0.29) is 5.97 Å². The Hall–Kier alpha value is -1.51. The summed E-state index contributed by atoms with van der Waals surface area (Å²) >= 11 is 0. The summed E-state index contributed by atoms with van der Waals surface area (Å²) in [5.74, 6) is 1.01. The molecule has 3 heteroatoms. The third kappa shape index (κ3) is 3.48. The third-order valence-electron chi connectivity index (χ3n) is 2.50. The van der Waals surface area contributed by atoms with E-state index in [2.05, 4.69) is 13.8 Å². The molecule has 17 heavy (non-hydrogen) atoms. The van der Waals surface area contributed by atoms with Crippen LogP contribution in [0.1, 0.15) is 35.3 Å². The summed E-state index contributed by atoms with van der Waals surface area (Å²) in [4.78, 5) is 11.5. The predicted octanol–water partition coefficient (Wildman–Crippen LogP) is 3.12. The Morgan fingerprint density at radius 1 is 1.24 bits per heavy atom. The molecule has 1 aromatic carbocycles. The van der Waals surface area contributed by atoms with Crippen LogP contribution in [-0.4, -0.2) is 19.7 Å². The molecule has 1 rings (SSSR count). The van der Waals surface area contributed by atoms with Gasteiger partial charge in [0.05, 0.1) is 19.3 Å². The molecule has 3 nitrogen and oxygen atoms in total. The van der Waals surface area contributed by atoms with Crippen molar-refractivity contribution in [3.05, 3.63) is 28.8 Å². The molecule has 0 aliphatic carbocycles. The lowest BCUT2D eigenvalue weighted by atomic mass is 10.0. The van der Waals surface area contributed by atoms with Gasteiger partial charge in [0.15, 0.2) is 0 Å². The molecule has 0 aromatic heterocycles. The van der Waals surface area contributed by atoms with Crippen LogP contribution in [-0.2, 0) is 4.74 Å². The number of aryl methyl sites for hydroxylation is 2. The summed E-state index contributed by atoms with van der Waals surface area (Å²) in [5.41, 5.74) is 2.43. The summed E-state index contributed by atoms with van der Waals surface area (Å²) in [5, 5.41) is 0. The van der Waals surface area contributed by atoms with E-state index < -0.39 is 0 Å². The summed E-state index contributed by atoms with van der Waals surface area (Å²) in [6.45, 7) is 8.70. The molecular weight excluding hydrogens is 216 g/mol. The van der Waals surface area contributed by atoms with Crippen molar-refractivity contribution in [1.29, 1.82) is 0 Å². The van der Waals surface area contributed by atoms with Gasteiger partial charge >= 0.3 is 5.97 Å². The zero-order valence-electron chi connectivity index (χ0n) is 11.2. The second-order valence-electron chi connectivity index (χ2n) is 4.63. The standard InChI is InChI=1S/C14H20O3/c1-9(2)8-17-13-7-10(3)12(6-11(13)4)14(15)16-5/h6-7,9H,8H2,1-5H3. The van der Waals surface area contributed by atoms with Crippen LogP contribution in [0.4, 0.5) is 0 Å². The lowest BCUT2D eigenvalue weighted by molar-refractivity contribution is 0.0599. The van der Waals surface area contributed by atoms with Crippen molar-refractivity contribution in [3.8, 4) is 5.75 Å². The molecule has 0 atom stereocenters. The van der Waals surface area contributed by atoms with Gasteiger partial charge in [0, 0.05) is 0 Å². The van der Waals surface area contributed by atoms with Crippen molar-refractivity contribution >= 4 is 5.97 Å². The first-order valence-corrected chi connectivity index (χ1v) is 5.78. The topological polar surface area (TPSA) is 35.5 Å². The first-order chi connectivity index (χ1) is 7.95. The monoisotopic (exact) mass is 236 g/mol. The van der Waals surface area contributed by atoms with Gasteiger partial charge < -0.3 is 9.47 Å². The summed E-state index contributed by atoms with van der Waals surface area (Å²) in [6, 6.07) is 3.71.